The predicted octanol–water partition coefficient (Wildman–Crippen LogP) is 4.64. The highest BCUT2D eigenvalue weighted by molar-refractivity contribution is 7.93. The van der Waals surface area contributed by atoms with Gasteiger partial charge in [0, 0.05) is 22.2 Å². The second-order valence-electron chi connectivity index (χ2n) is 6.97. The lowest BCUT2D eigenvalue weighted by Crippen LogP contribution is -2.17. The minimum atomic E-state index is -4.23. The first-order valence-corrected chi connectivity index (χ1v) is 12.8. The number of rotatable bonds is 8. The molecule has 0 aliphatic rings. The van der Waals surface area contributed by atoms with Gasteiger partial charge >= 0.3 is 0 Å². The Morgan fingerprint density at radius 3 is 2.53 bits per heavy atom. The summed E-state index contributed by atoms with van der Waals surface area (Å²) in [4.78, 5) is -0.236. The lowest BCUT2D eigenvalue weighted by Gasteiger charge is -2.13. The van der Waals surface area contributed by atoms with Crippen LogP contribution in [0.1, 0.15) is 6.92 Å². The number of para-hydroxylation sites is 1. The molecule has 0 bridgehead atoms. The molecule has 0 unspecified atom stereocenters. The Bertz CT molecular complexity index is 1420. The molecule has 0 spiro atoms. The number of anilines is 1. The minimum absolute atomic E-state index is 0.158. The van der Waals surface area contributed by atoms with Crippen molar-refractivity contribution in [2.24, 2.45) is 5.73 Å². The van der Waals surface area contributed by atoms with E-state index in [1.165, 1.54) is 42.5 Å². The molecule has 0 atom stereocenters. The third-order valence-corrected chi connectivity index (χ3v) is 7.48. The summed E-state index contributed by atoms with van der Waals surface area (Å²) in [7, 11) is -8.22. The number of sulfone groups is 1. The van der Waals surface area contributed by atoms with Gasteiger partial charge in [-0.2, -0.15) is 8.42 Å². The Labute approximate surface area is 191 Å². The first-order valence-electron chi connectivity index (χ1n) is 9.31. The van der Waals surface area contributed by atoms with E-state index in [4.69, 9.17) is 21.8 Å². The lowest BCUT2D eigenvalue weighted by atomic mass is 10.2. The fourth-order valence-corrected chi connectivity index (χ4v) is 5.79. The topological polar surface area (TPSA) is 119 Å². The highest BCUT2D eigenvalue weighted by Gasteiger charge is 2.26. The monoisotopic (exact) mass is 492 g/mol. The average Bonchev–Trinajstić information content (AvgIpc) is 3.12. The maximum Gasteiger partial charge on any atom is 0.295 e. The number of fused-ring (bicyclic) bond motifs is 1. The van der Waals surface area contributed by atoms with E-state index in [9.17, 15) is 16.8 Å². The van der Waals surface area contributed by atoms with Gasteiger partial charge < -0.3 is 10.2 Å². The second kappa shape index (κ2) is 9.23. The third-order valence-electron chi connectivity index (χ3n) is 4.29. The van der Waals surface area contributed by atoms with Crippen LogP contribution >= 0.6 is 11.6 Å². The lowest BCUT2D eigenvalue weighted by molar-refractivity contribution is 0.484. The smallest absolute Gasteiger partial charge is 0.295 e. The number of furan rings is 1. The molecule has 3 N–H and O–H groups in total. The van der Waals surface area contributed by atoms with Crippen molar-refractivity contribution in [3.05, 3.63) is 89.6 Å². The van der Waals surface area contributed by atoms with Gasteiger partial charge in [0.05, 0.1) is 16.3 Å². The quantitative estimate of drug-likeness (QED) is 0.442. The highest BCUT2D eigenvalue weighted by atomic mass is 35.5. The summed E-state index contributed by atoms with van der Waals surface area (Å²) in [5, 5.41) is 0.400. The molecule has 3 aromatic rings. The maximum atomic E-state index is 13.1. The van der Waals surface area contributed by atoms with Crippen LogP contribution in [0.2, 0.25) is 5.02 Å². The van der Waals surface area contributed by atoms with E-state index < -0.39 is 25.6 Å². The molecule has 1 heterocycles. The Hall–Kier alpha value is -3.01. The fourth-order valence-electron chi connectivity index (χ4n) is 3.02. The van der Waals surface area contributed by atoms with Gasteiger partial charge in [-0.1, -0.05) is 48.5 Å². The molecular formula is C22H21ClN2O5S2. The molecule has 7 nitrogen and oxygen atoms in total. The molecule has 32 heavy (non-hydrogen) atoms. The van der Waals surface area contributed by atoms with E-state index in [-0.39, 0.29) is 20.7 Å². The van der Waals surface area contributed by atoms with Crippen LogP contribution in [-0.4, -0.2) is 22.6 Å². The predicted molar refractivity (Wildman–Crippen MR) is 127 cm³/mol. The fraction of sp³-hybridized carbons (Fsp3) is 0.0909. The average molecular weight is 493 g/mol. The summed E-state index contributed by atoms with van der Waals surface area (Å²) < 4.78 is 59.9. The van der Waals surface area contributed by atoms with E-state index in [2.05, 4.69) is 11.3 Å². The Balaban J connectivity index is 2.03. The van der Waals surface area contributed by atoms with Crippen molar-refractivity contribution < 1.29 is 21.3 Å². The zero-order valence-corrected chi connectivity index (χ0v) is 19.5. The van der Waals surface area contributed by atoms with Crippen molar-refractivity contribution in [3.63, 3.8) is 0 Å². The summed E-state index contributed by atoms with van der Waals surface area (Å²) in [6.07, 6.45) is 4.47. The van der Waals surface area contributed by atoms with Crippen LogP contribution in [0.3, 0.4) is 0 Å². The van der Waals surface area contributed by atoms with Gasteiger partial charge in [0.2, 0.25) is 5.09 Å². The van der Waals surface area contributed by atoms with Gasteiger partial charge in [-0.25, -0.2) is 8.42 Å². The third kappa shape index (κ3) is 5.42. The molecule has 0 fully saturated rings. The van der Waals surface area contributed by atoms with E-state index in [1.54, 1.807) is 31.2 Å². The summed E-state index contributed by atoms with van der Waals surface area (Å²) in [6.45, 7) is 5.20. The zero-order valence-electron chi connectivity index (χ0n) is 17.1. The van der Waals surface area contributed by atoms with Crippen molar-refractivity contribution in [2.75, 3.05) is 10.5 Å². The first kappa shape index (κ1) is 23.6. The number of allylic oxidation sites excluding steroid dienone is 4. The van der Waals surface area contributed by atoms with Crippen LogP contribution in [-0.2, 0) is 19.9 Å². The van der Waals surface area contributed by atoms with Crippen molar-refractivity contribution in [2.45, 2.75) is 16.9 Å². The van der Waals surface area contributed by atoms with E-state index in [0.29, 0.717) is 22.2 Å². The molecule has 2 aromatic carbocycles. The number of hydrogen-bond donors (Lipinski definition) is 2. The summed E-state index contributed by atoms with van der Waals surface area (Å²) in [6, 6.07) is 12.0. The SMILES string of the molecule is C=C/C=C(\C=C(/C)N)CS(=O)(=O)c1ccc(Cl)cc1NS(=O)(=O)c1cc2ccccc2o1. The van der Waals surface area contributed by atoms with Crippen LogP contribution in [0.4, 0.5) is 5.69 Å². The molecule has 0 aliphatic carbocycles. The van der Waals surface area contributed by atoms with E-state index >= 15 is 0 Å². The number of hydrogen-bond acceptors (Lipinski definition) is 6. The second-order valence-corrected chi connectivity index (χ2v) is 11.0. The Kier molecular flexibility index (Phi) is 6.82. The molecule has 0 saturated carbocycles. The number of sulfonamides is 1. The highest BCUT2D eigenvalue weighted by Crippen LogP contribution is 2.31. The first-order chi connectivity index (χ1) is 15.0. The molecule has 0 saturated heterocycles. The Morgan fingerprint density at radius 1 is 1.16 bits per heavy atom. The van der Waals surface area contributed by atoms with Gasteiger partial charge in [-0.15, -0.1) is 0 Å². The summed E-state index contributed by atoms with van der Waals surface area (Å²) >= 11 is 6.03. The number of nitrogens with one attached hydrogen (secondary N) is 1. The van der Waals surface area contributed by atoms with Crippen molar-refractivity contribution in [1.29, 1.82) is 0 Å². The standard InChI is InChI=1S/C22H21ClN2O5S2/c1-3-6-16(11-15(2)24)14-31(26,27)21-10-9-18(23)13-19(21)25-32(28,29)22-12-17-7-4-5-8-20(17)30-22/h3-13,25H,1,14,24H2,2H3/b15-11+,16-6+. The van der Waals surface area contributed by atoms with Crippen molar-refractivity contribution in [1.82, 2.24) is 0 Å². The Morgan fingerprint density at radius 2 is 1.88 bits per heavy atom. The van der Waals surface area contributed by atoms with Gasteiger partial charge in [0.1, 0.15) is 5.58 Å². The normalized spacial score (nSPS) is 13.3. The van der Waals surface area contributed by atoms with Crippen LogP contribution in [0.15, 0.2) is 99.0 Å². The molecule has 0 amide bonds. The molecule has 3 rings (SSSR count). The largest absolute Gasteiger partial charge is 0.443 e. The number of nitrogens with two attached hydrogens (primary N) is 1. The van der Waals surface area contributed by atoms with Gasteiger partial charge in [-0.05, 0) is 42.8 Å². The molecule has 0 aliphatic heterocycles. The number of benzene rings is 2. The molecule has 0 radical (unpaired) electrons. The van der Waals surface area contributed by atoms with Crippen LogP contribution in [0.5, 0.6) is 0 Å². The van der Waals surface area contributed by atoms with E-state index in [1.807, 2.05) is 0 Å². The van der Waals surface area contributed by atoms with Crippen LogP contribution in [0, 0.1) is 0 Å². The van der Waals surface area contributed by atoms with Crippen molar-refractivity contribution >= 4 is 48.1 Å². The molecule has 1 aromatic heterocycles. The molecule has 168 valence electrons. The van der Waals surface area contributed by atoms with Crippen molar-refractivity contribution in [3.8, 4) is 0 Å². The minimum Gasteiger partial charge on any atom is -0.443 e. The molecular weight excluding hydrogens is 472 g/mol. The van der Waals surface area contributed by atoms with E-state index in [0.717, 1.165) is 0 Å². The van der Waals surface area contributed by atoms with Gasteiger partial charge in [0.15, 0.2) is 9.84 Å². The van der Waals surface area contributed by atoms with Crippen LogP contribution < -0.4 is 10.5 Å². The summed E-state index contributed by atoms with van der Waals surface area (Å²) in [5.74, 6) is -0.422. The summed E-state index contributed by atoms with van der Waals surface area (Å²) in [5.41, 5.74) is 6.68. The number of halogens is 1. The molecule has 10 heteroatoms. The van der Waals surface area contributed by atoms with Gasteiger partial charge in [0.25, 0.3) is 10.0 Å². The maximum absolute atomic E-state index is 13.1. The van der Waals surface area contributed by atoms with Crippen LogP contribution in [0.25, 0.3) is 11.0 Å². The van der Waals surface area contributed by atoms with Gasteiger partial charge in [-0.3, -0.25) is 4.72 Å². The zero-order chi connectivity index (χ0) is 23.5.